The maximum atomic E-state index is 12.7. The average Bonchev–Trinajstić information content (AvgIpc) is 2.60. The van der Waals surface area contributed by atoms with Gasteiger partial charge in [-0.3, -0.25) is 9.59 Å². The molecule has 0 radical (unpaired) electrons. The van der Waals surface area contributed by atoms with Crippen LogP contribution >= 0.6 is 0 Å². The van der Waals surface area contributed by atoms with Crippen molar-refractivity contribution in [2.75, 3.05) is 7.05 Å². The van der Waals surface area contributed by atoms with E-state index in [1.165, 1.54) is 23.9 Å². The van der Waals surface area contributed by atoms with Gasteiger partial charge in [0.1, 0.15) is 5.69 Å². The van der Waals surface area contributed by atoms with Gasteiger partial charge < -0.3 is 10.1 Å². The van der Waals surface area contributed by atoms with Crippen molar-refractivity contribution in [3.63, 3.8) is 0 Å². The van der Waals surface area contributed by atoms with Crippen LogP contribution in [0.3, 0.4) is 0 Å². The van der Waals surface area contributed by atoms with Gasteiger partial charge in [0.05, 0.1) is 6.04 Å². The first kappa shape index (κ1) is 17.4. The van der Waals surface area contributed by atoms with Crippen molar-refractivity contribution >= 4 is 11.9 Å². The van der Waals surface area contributed by atoms with Crippen molar-refractivity contribution in [3.8, 4) is 0 Å². The number of rotatable bonds is 5. The van der Waals surface area contributed by atoms with Gasteiger partial charge in [0.2, 0.25) is 11.9 Å². The van der Waals surface area contributed by atoms with E-state index in [4.69, 9.17) is 4.74 Å². The zero-order chi connectivity index (χ0) is 17.7. The normalized spacial score (nSPS) is 11.8. The van der Waals surface area contributed by atoms with Gasteiger partial charge in [-0.1, -0.05) is 30.3 Å². The molecule has 1 N–H and O–H groups in total. The predicted octanol–water partition coefficient (Wildman–Crippen LogP) is 2.10. The lowest BCUT2D eigenvalue weighted by atomic mass is 10.0. The Morgan fingerprint density at radius 3 is 2.38 bits per heavy atom. The Labute approximate surface area is 139 Å². The van der Waals surface area contributed by atoms with E-state index < -0.39 is 18.0 Å². The van der Waals surface area contributed by atoms with Crippen molar-refractivity contribution in [1.29, 1.82) is 0 Å². The van der Waals surface area contributed by atoms with E-state index in [0.717, 1.165) is 0 Å². The molecule has 7 heteroatoms. The summed E-state index contributed by atoms with van der Waals surface area (Å²) in [5, 5.41) is 6.50. The lowest BCUT2D eigenvalue weighted by Crippen LogP contribution is -2.30. The zero-order valence-corrected chi connectivity index (χ0v) is 13.7. The van der Waals surface area contributed by atoms with Crippen LogP contribution in [0.15, 0.2) is 47.3 Å². The summed E-state index contributed by atoms with van der Waals surface area (Å²) in [5.41, 5.74) is 0.288. The fraction of sp³-hybridized carbons (Fsp3) is 0.294. The molecular formula is C17H19N3O4. The molecule has 0 saturated carbocycles. The van der Waals surface area contributed by atoms with Gasteiger partial charge in [0.15, 0.2) is 0 Å². The van der Waals surface area contributed by atoms with Gasteiger partial charge in [-0.15, -0.1) is 0 Å². The molecule has 1 atom stereocenters. The molecule has 1 aromatic heterocycles. The number of nitrogens with zero attached hydrogens (tertiary/aromatic N) is 2. The number of hydrogen-bond donors (Lipinski definition) is 1. The first-order valence-corrected chi connectivity index (χ1v) is 7.51. The quantitative estimate of drug-likeness (QED) is 0.848. The number of nitrogens with one attached hydrogen (secondary N) is 1. The molecular weight excluding hydrogens is 310 g/mol. The third kappa shape index (κ3) is 3.87. The Morgan fingerprint density at radius 2 is 1.79 bits per heavy atom. The summed E-state index contributed by atoms with van der Waals surface area (Å²) >= 11 is 0. The van der Waals surface area contributed by atoms with Gasteiger partial charge in [-0.25, -0.2) is 9.48 Å². The molecule has 0 aliphatic rings. The van der Waals surface area contributed by atoms with Gasteiger partial charge in [0.25, 0.3) is 5.56 Å². The Balaban J connectivity index is 2.47. The maximum Gasteiger partial charge on any atom is 0.408 e. The molecule has 0 aliphatic heterocycles. The van der Waals surface area contributed by atoms with Crippen LogP contribution in [-0.2, 0) is 4.74 Å². The van der Waals surface area contributed by atoms with Gasteiger partial charge >= 0.3 is 6.09 Å². The fourth-order valence-corrected chi connectivity index (χ4v) is 2.12. The van der Waals surface area contributed by atoms with Gasteiger partial charge in [-0.2, -0.15) is 5.10 Å². The Kier molecular flexibility index (Phi) is 5.47. The smallest absolute Gasteiger partial charge is 0.408 e. The van der Waals surface area contributed by atoms with Crippen LogP contribution in [-0.4, -0.2) is 28.7 Å². The van der Waals surface area contributed by atoms with Crippen molar-refractivity contribution in [2.45, 2.75) is 26.0 Å². The molecule has 0 fully saturated rings. The van der Waals surface area contributed by atoms with E-state index in [2.05, 4.69) is 10.4 Å². The van der Waals surface area contributed by atoms with E-state index in [-0.39, 0.29) is 17.3 Å². The molecule has 1 heterocycles. The summed E-state index contributed by atoms with van der Waals surface area (Å²) in [6, 6.07) is 11.0. The standard InChI is InChI=1S/C17H19N3O4/c1-11(2)20-14(21)10-9-13(19-20)16(24-17(23)18-3)15(22)12-7-5-4-6-8-12/h4-11,16H,1-3H3,(H,18,23). The van der Waals surface area contributed by atoms with Crippen molar-refractivity contribution in [3.05, 3.63) is 64.1 Å². The highest BCUT2D eigenvalue weighted by Crippen LogP contribution is 2.21. The number of aromatic nitrogens is 2. The van der Waals surface area contributed by atoms with Crippen LogP contribution < -0.4 is 10.9 Å². The molecule has 126 valence electrons. The number of hydrogen-bond acceptors (Lipinski definition) is 5. The average molecular weight is 329 g/mol. The molecule has 0 aliphatic carbocycles. The lowest BCUT2D eigenvalue weighted by molar-refractivity contribution is 0.0618. The second-order valence-corrected chi connectivity index (χ2v) is 5.40. The van der Waals surface area contributed by atoms with E-state index in [0.29, 0.717) is 5.56 Å². The molecule has 0 saturated heterocycles. The second kappa shape index (κ2) is 7.54. The summed E-state index contributed by atoms with van der Waals surface area (Å²) in [6.07, 6.45) is -1.99. The van der Waals surface area contributed by atoms with Crippen LogP contribution in [0.5, 0.6) is 0 Å². The number of alkyl carbamates (subject to hydrolysis) is 1. The highest BCUT2D eigenvalue weighted by Gasteiger charge is 2.28. The summed E-state index contributed by atoms with van der Waals surface area (Å²) in [7, 11) is 1.40. The molecule has 2 rings (SSSR count). The second-order valence-electron chi connectivity index (χ2n) is 5.40. The highest BCUT2D eigenvalue weighted by molar-refractivity contribution is 6.00. The predicted molar refractivity (Wildman–Crippen MR) is 87.9 cm³/mol. The fourth-order valence-electron chi connectivity index (χ4n) is 2.12. The summed E-state index contributed by atoms with van der Waals surface area (Å²) < 4.78 is 6.44. The zero-order valence-electron chi connectivity index (χ0n) is 13.7. The molecule has 2 aromatic rings. The van der Waals surface area contributed by atoms with Crippen LogP contribution in [0.2, 0.25) is 0 Å². The number of carbonyl (C=O) groups is 2. The number of benzene rings is 1. The van der Waals surface area contributed by atoms with Crippen molar-refractivity contribution in [2.24, 2.45) is 0 Å². The molecule has 1 unspecified atom stereocenters. The molecule has 0 bridgehead atoms. The van der Waals surface area contributed by atoms with Gasteiger partial charge in [-0.05, 0) is 19.9 Å². The van der Waals surface area contributed by atoms with Crippen molar-refractivity contribution < 1.29 is 14.3 Å². The minimum absolute atomic E-state index is 0.190. The molecule has 0 spiro atoms. The third-order valence-corrected chi connectivity index (χ3v) is 3.33. The molecule has 1 amide bonds. The van der Waals surface area contributed by atoms with Gasteiger partial charge in [0, 0.05) is 18.7 Å². The number of amides is 1. The maximum absolute atomic E-state index is 12.7. The largest absolute Gasteiger partial charge is 0.431 e. The number of ketones is 1. The summed E-state index contributed by atoms with van der Waals surface area (Å²) in [6.45, 7) is 3.59. The topological polar surface area (TPSA) is 90.3 Å². The number of Topliss-reactive ketones (excluding diaryl/α,β-unsaturated/α-hetero) is 1. The molecule has 24 heavy (non-hydrogen) atoms. The van der Waals surface area contributed by atoms with Crippen molar-refractivity contribution in [1.82, 2.24) is 15.1 Å². The lowest BCUT2D eigenvalue weighted by Gasteiger charge is -2.18. The van der Waals surface area contributed by atoms with Crippen LogP contribution in [0.25, 0.3) is 0 Å². The van der Waals surface area contributed by atoms with E-state index in [1.807, 2.05) is 0 Å². The third-order valence-electron chi connectivity index (χ3n) is 3.33. The van der Waals surface area contributed by atoms with Crippen LogP contribution in [0.1, 0.15) is 42.0 Å². The van der Waals surface area contributed by atoms with E-state index >= 15 is 0 Å². The van der Waals surface area contributed by atoms with E-state index in [9.17, 15) is 14.4 Å². The Bertz CT molecular complexity index is 784. The van der Waals surface area contributed by atoms with Crippen LogP contribution in [0.4, 0.5) is 4.79 Å². The molecule has 1 aromatic carbocycles. The summed E-state index contributed by atoms with van der Waals surface area (Å²) in [4.78, 5) is 36.2. The van der Waals surface area contributed by atoms with Crippen LogP contribution in [0, 0.1) is 0 Å². The SMILES string of the molecule is CNC(=O)OC(C(=O)c1ccccc1)c1ccc(=O)n(C(C)C)n1. The minimum atomic E-state index is -1.24. The Hall–Kier alpha value is -2.96. The first-order chi connectivity index (χ1) is 11.4. The monoisotopic (exact) mass is 329 g/mol. The number of ether oxygens (including phenoxy) is 1. The highest BCUT2D eigenvalue weighted by atomic mass is 16.6. The molecule has 7 nitrogen and oxygen atoms in total. The minimum Gasteiger partial charge on any atom is -0.431 e. The first-order valence-electron chi connectivity index (χ1n) is 7.51. The Morgan fingerprint density at radius 1 is 1.12 bits per heavy atom. The summed E-state index contributed by atoms with van der Waals surface area (Å²) in [5.74, 6) is -0.416. The van der Waals surface area contributed by atoms with E-state index in [1.54, 1.807) is 44.2 Å². The number of carbonyl (C=O) groups excluding carboxylic acids is 2.